The van der Waals surface area contributed by atoms with Crippen LogP contribution >= 0.6 is 11.6 Å². The average molecular weight is 282 g/mol. The van der Waals surface area contributed by atoms with Crippen molar-refractivity contribution in [1.82, 2.24) is 9.97 Å². The van der Waals surface area contributed by atoms with Crippen molar-refractivity contribution < 1.29 is 13.9 Å². The Hall–Kier alpha value is -2.08. The Kier molecular flexibility index (Phi) is 4.01. The minimum absolute atomic E-state index is 0.0591. The monoisotopic (exact) mass is 281 g/mol. The zero-order chi connectivity index (χ0) is 13.8. The Morgan fingerprint density at radius 2 is 2.26 bits per heavy atom. The van der Waals surface area contributed by atoms with Crippen LogP contribution in [0.2, 0.25) is 5.15 Å². The minimum atomic E-state index is -0.441. The fourth-order valence-corrected chi connectivity index (χ4v) is 1.58. The van der Waals surface area contributed by atoms with E-state index >= 15 is 0 Å². The Morgan fingerprint density at radius 1 is 1.47 bits per heavy atom. The van der Waals surface area contributed by atoms with Gasteiger partial charge in [-0.25, -0.2) is 4.98 Å². The van der Waals surface area contributed by atoms with Crippen LogP contribution in [0.25, 0.3) is 0 Å². The van der Waals surface area contributed by atoms with Gasteiger partial charge in [-0.05, 0) is 12.1 Å². The van der Waals surface area contributed by atoms with Crippen LogP contribution in [0.15, 0.2) is 22.6 Å². The summed E-state index contributed by atoms with van der Waals surface area (Å²) in [5.74, 6) is 0.811. The van der Waals surface area contributed by atoms with Crippen LogP contribution in [-0.2, 0) is 6.42 Å². The number of hydrogen-bond donors (Lipinski definition) is 1. The second-order valence-corrected chi connectivity index (χ2v) is 4.02. The molecule has 19 heavy (non-hydrogen) atoms. The molecule has 0 unspecified atom stereocenters. The molecule has 0 spiro atoms. The van der Waals surface area contributed by atoms with Gasteiger partial charge < -0.3 is 9.15 Å². The molecule has 0 aliphatic carbocycles. The molecule has 2 aromatic heterocycles. The first-order valence-electron chi connectivity index (χ1n) is 5.61. The Bertz CT molecular complexity index is 598. The van der Waals surface area contributed by atoms with Gasteiger partial charge in [0.2, 0.25) is 11.8 Å². The zero-order valence-electron chi connectivity index (χ0n) is 10.4. The van der Waals surface area contributed by atoms with Gasteiger partial charge in [-0.15, -0.1) is 0 Å². The molecule has 0 atom stereocenters. The number of aryl methyl sites for hydroxylation is 1. The van der Waals surface area contributed by atoms with Gasteiger partial charge in [-0.1, -0.05) is 18.5 Å². The van der Waals surface area contributed by atoms with Crippen LogP contribution in [0.1, 0.15) is 23.2 Å². The predicted octanol–water partition coefficient (Wildman–Crippen LogP) is 2.55. The first-order valence-corrected chi connectivity index (χ1v) is 5.98. The third-order valence-electron chi connectivity index (χ3n) is 2.34. The molecular formula is C12H12ClN3O3. The molecule has 0 aromatic carbocycles. The molecule has 7 heteroatoms. The van der Waals surface area contributed by atoms with Crippen LogP contribution in [0.4, 0.5) is 5.95 Å². The molecule has 0 radical (unpaired) electrons. The number of nitrogens with zero attached hydrogens (tertiary/aromatic N) is 2. The molecule has 0 aliphatic heterocycles. The number of ether oxygens (including phenoxy) is 1. The Labute approximate surface area is 114 Å². The number of nitrogens with one attached hydrogen (secondary N) is 1. The fraction of sp³-hybridized carbons (Fsp3) is 0.250. The van der Waals surface area contributed by atoms with Crippen LogP contribution in [0.3, 0.4) is 0 Å². The van der Waals surface area contributed by atoms with Crippen LogP contribution in [0, 0.1) is 0 Å². The summed E-state index contributed by atoms with van der Waals surface area (Å²) in [5, 5.41) is 2.67. The van der Waals surface area contributed by atoms with E-state index in [1.807, 2.05) is 6.92 Å². The zero-order valence-corrected chi connectivity index (χ0v) is 11.2. The van der Waals surface area contributed by atoms with Crippen molar-refractivity contribution in [2.75, 3.05) is 12.4 Å². The smallest absolute Gasteiger partial charge is 0.293 e. The standard InChI is InChI=1S/C12H12ClN3O3/c1-3-7-4-5-8(19-7)11(17)16-12-14-9(13)6-10(15-12)18-2/h4-6H,3H2,1-2H3,(H,14,15,16,17). The molecule has 1 N–H and O–H groups in total. The Balaban J connectivity index is 2.16. The quantitative estimate of drug-likeness (QED) is 0.872. The molecule has 100 valence electrons. The highest BCUT2D eigenvalue weighted by molar-refractivity contribution is 6.29. The highest BCUT2D eigenvalue weighted by Crippen LogP contribution is 2.17. The number of carbonyl (C=O) groups is 1. The molecule has 0 aliphatic rings. The molecule has 6 nitrogen and oxygen atoms in total. The maximum absolute atomic E-state index is 11.9. The van der Waals surface area contributed by atoms with E-state index in [-0.39, 0.29) is 22.7 Å². The summed E-state index contributed by atoms with van der Waals surface area (Å²) < 4.78 is 10.3. The molecule has 0 bridgehead atoms. The third kappa shape index (κ3) is 3.23. The molecule has 2 heterocycles. The number of furan rings is 1. The summed E-state index contributed by atoms with van der Waals surface area (Å²) >= 11 is 5.78. The number of anilines is 1. The van der Waals surface area contributed by atoms with E-state index in [1.54, 1.807) is 12.1 Å². The minimum Gasteiger partial charge on any atom is -0.481 e. The van der Waals surface area contributed by atoms with Crippen molar-refractivity contribution in [2.24, 2.45) is 0 Å². The van der Waals surface area contributed by atoms with Crippen LogP contribution < -0.4 is 10.1 Å². The van der Waals surface area contributed by atoms with Gasteiger partial charge in [-0.3, -0.25) is 10.1 Å². The van der Waals surface area contributed by atoms with E-state index in [2.05, 4.69) is 15.3 Å². The van der Waals surface area contributed by atoms with E-state index in [0.717, 1.165) is 12.2 Å². The molecule has 0 saturated carbocycles. The Morgan fingerprint density at radius 3 is 2.89 bits per heavy atom. The maximum Gasteiger partial charge on any atom is 0.293 e. The molecule has 2 rings (SSSR count). The van der Waals surface area contributed by atoms with Gasteiger partial charge >= 0.3 is 0 Å². The van der Waals surface area contributed by atoms with Gasteiger partial charge in [0.1, 0.15) is 10.9 Å². The molecule has 1 amide bonds. The molecular weight excluding hydrogens is 270 g/mol. The largest absolute Gasteiger partial charge is 0.481 e. The summed E-state index contributed by atoms with van der Waals surface area (Å²) in [6.07, 6.45) is 0.717. The number of hydrogen-bond acceptors (Lipinski definition) is 5. The lowest BCUT2D eigenvalue weighted by atomic mass is 10.3. The molecule has 2 aromatic rings. The predicted molar refractivity (Wildman–Crippen MR) is 69.6 cm³/mol. The first kappa shape index (κ1) is 13.4. The van der Waals surface area contributed by atoms with Crippen LogP contribution in [0.5, 0.6) is 5.88 Å². The summed E-state index contributed by atoms with van der Waals surface area (Å²) in [5.41, 5.74) is 0. The fourth-order valence-electron chi connectivity index (χ4n) is 1.41. The van der Waals surface area contributed by atoms with Gasteiger partial charge in [-0.2, -0.15) is 4.98 Å². The lowest BCUT2D eigenvalue weighted by Crippen LogP contribution is -2.13. The highest BCUT2D eigenvalue weighted by Gasteiger charge is 2.13. The number of rotatable bonds is 4. The summed E-state index contributed by atoms with van der Waals surface area (Å²) in [6.45, 7) is 1.94. The second kappa shape index (κ2) is 5.71. The second-order valence-electron chi connectivity index (χ2n) is 3.63. The number of methoxy groups -OCH3 is 1. The molecule has 0 fully saturated rings. The molecule has 0 saturated heterocycles. The van der Waals surface area contributed by atoms with E-state index < -0.39 is 5.91 Å². The van der Waals surface area contributed by atoms with Crippen molar-refractivity contribution in [3.8, 4) is 5.88 Å². The van der Waals surface area contributed by atoms with Crippen molar-refractivity contribution >= 4 is 23.5 Å². The lowest BCUT2D eigenvalue weighted by Gasteiger charge is -2.04. The number of carbonyl (C=O) groups excluding carboxylic acids is 1. The average Bonchev–Trinajstić information content (AvgIpc) is 2.86. The van der Waals surface area contributed by atoms with Crippen molar-refractivity contribution in [2.45, 2.75) is 13.3 Å². The summed E-state index contributed by atoms with van der Waals surface area (Å²) in [7, 11) is 1.45. The highest BCUT2D eigenvalue weighted by atomic mass is 35.5. The van der Waals surface area contributed by atoms with Gasteiger partial charge in [0.05, 0.1) is 7.11 Å². The van der Waals surface area contributed by atoms with Crippen molar-refractivity contribution in [3.05, 3.63) is 34.9 Å². The van der Waals surface area contributed by atoms with Gasteiger partial charge in [0.25, 0.3) is 5.91 Å². The van der Waals surface area contributed by atoms with Gasteiger partial charge in [0, 0.05) is 12.5 Å². The third-order valence-corrected chi connectivity index (χ3v) is 2.53. The number of amides is 1. The van der Waals surface area contributed by atoms with Gasteiger partial charge in [0.15, 0.2) is 5.76 Å². The number of halogens is 1. The topological polar surface area (TPSA) is 77.2 Å². The van der Waals surface area contributed by atoms with E-state index in [9.17, 15) is 4.79 Å². The summed E-state index contributed by atoms with van der Waals surface area (Å²) in [4.78, 5) is 19.7. The first-order chi connectivity index (χ1) is 9.12. The van der Waals surface area contributed by atoms with Crippen molar-refractivity contribution in [3.63, 3.8) is 0 Å². The number of aromatic nitrogens is 2. The van der Waals surface area contributed by atoms with Crippen LogP contribution in [-0.4, -0.2) is 23.0 Å². The SMILES string of the molecule is CCc1ccc(C(=O)Nc2nc(Cl)cc(OC)n2)o1. The van der Waals surface area contributed by atoms with E-state index in [1.165, 1.54) is 13.2 Å². The lowest BCUT2D eigenvalue weighted by molar-refractivity contribution is 0.0994. The van der Waals surface area contributed by atoms with E-state index in [0.29, 0.717) is 0 Å². The summed E-state index contributed by atoms with van der Waals surface area (Å²) in [6, 6.07) is 4.78. The van der Waals surface area contributed by atoms with Crippen molar-refractivity contribution in [1.29, 1.82) is 0 Å². The van der Waals surface area contributed by atoms with E-state index in [4.69, 9.17) is 20.8 Å². The normalized spacial score (nSPS) is 10.3. The maximum atomic E-state index is 11.9.